The lowest BCUT2D eigenvalue weighted by atomic mass is 10.2. The smallest absolute Gasteiger partial charge is 0.315 e. The molecule has 0 spiro atoms. The average Bonchev–Trinajstić information content (AvgIpc) is 3.16. The van der Waals surface area contributed by atoms with Gasteiger partial charge in [-0.2, -0.15) is 0 Å². The minimum Gasteiger partial charge on any atom is -0.474 e. The molecule has 31 heavy (non-hydrogen) atoms. The molecule has 7 nitrogen and oxygen atoms in total. The summed E-state index contributed by atoms with van der Waals surface area (Å²) >= 11 is 0. The van der Waals surface area contributed by atoms with Gasteiger partial charge in [0.05, 0.1) is 0 Å². The number of amides is 2. The fourth-order valence-corrected chi connectivity index (χ4v) is 4.26. The van der Waals surface area contributed by atoms with Crippen LogP contribution in [0.25, 0.3) is 0 Å². The van der Waals surface area contributed by atoms with Gasteiger partial charge in [0, 0.05) is 44.1 Å². The Morgan fingerprint density at radius 2 is 1.74 bits per heavy atom. The zero-order valence-corrected chi connectivity index (χ0v) is 18.2. The molecule has 2 aliphatic rings. The summed E-state index contributed by atoms with van der Waals surface area (Å²) < 4.78 is 6.04. The van der Waals surface area contributed by atoms with Gasteiger partial charge < -0.3 is 20.3 Å². The van der Waals surface area contributed by atoms with Crippen molar-refractivity contribution in [2.24, 2.45) is 0 Å². The van der Waals surface area contributed by atoms with Crippen LogP contribution in [0, 0.1) is 0 Å². The quantitative estimate of drug-likeness (QED) is 0.698. The fraction of sp³-hybridized carbons (Fsp3) is 0.542. The minimum absolute atomic E-state index is 0.215. The average molecular weight is 424 g/mol. The molecule has 1 aliphatic carbocycles. The number of aromatic nitrogens is 2. The molecule has 0 unspecified atom stereocenters. The second-order valence-corrected chi connectivity index (χ2v) is 8.45. The van der Waals surface area contributed by atoms with Crippen LogP contribution in [0.5, 0.6) is 5.88 Å². The highest BCUT2D eigenvalue weighted by Gasteiger charge is 2.18. The van der Waals surface area contributed by atoms with E-state index in [1.54, 1.807) is 6.20 Å². The molecule has 0 bridgehead atoms. The van der Waals surface area contributed by atoms with Gasteiger partial charge in [-0.25, -0.2) is 14.8 Å². The molecule has 1 saturated carbocycles. The first kappa shape index (κ1) is 21.4. The normalized spacial score (nSPS) is 17.2. The number of hydrogen-bond donors (Lipinski definition) is 2. The summed E-state index contributed by atoms with van der Waals surface area (Å²) in [7, 11) is 0. The van der Waals surface area contributed by atoms with Crippen molar-refractivity contribution in [2.45, 2.75) is 70.6 Å². The molecule has 7 heteroatoms. The molecule has 166 valence electrons. The second-order valence-electron chi connectivity index (χ2n) is 8.45. The van der Waals surface area contributed by atoms with Crippen molar-refractivity contribution in [1.82, 2.24) is 20.6 Å². The van der Waals surface area contributed by atoms with Gasteiger partial charge in [-0.05, 0) is 56.2 Å². The number of pyridine rings is 2. The lowest BCUT2D eigenvalue weighted by Crippen LogP contribution is -2.34. The SMILES string of the molecule is O=C(NCc1ccc(N2CCCCCC2)nc1)NCc1cccnc1OC1CCCC1. The highest BCUT2D eigenvalue weighted by molar-refractivity contribution is 5.73. The van der Waals surface area contributed by atoms with Gasteiger partial charge in [0.2, 0.25) is 5.88 Å². The van der Waals surface area contributed by atoms with Crippen LogP contribution in [-0.2, 0) is 13.1 Å². The zero-order chi connectivity index (χ0) is 21.3. The number of urea groups is 1. The minimum atomic E-state index is -0.215. The monoisotopic (exact) mass is 423 g/mol. The van der Waals surface area contributed by atoms with E-state index in [0.29, 0.717) is 19.0 Å². The Morgan fingerprint density at radius 1 is 0.968 bits per heavy atom. The van der Waals surface area contributed by atoms with Crippen LogP contribution >= 0.6 is 0 Å². The molecule has 1 saturated heterocycles. The highest BCUT2D eigenvalue weighted by Crippen LogP contribution is 2.25. The van der Waals surface area contributed by atoms with Crippen molar-refractivity contribution in [3.63, 3.8) is 0 Å². The van der Waals surface area contributed by atoms with Crippen molar-refractivity contribution in [2.75, 3.05) is 18.0 Å². The van der Waals surface area contributed by atoms with E-state index < -0.39 is 0 Å². The zero-order valence-electron chi connectivity index (χ0n) is 18.2. The molecule has 1 aliphatic heterocycles. The Balaban J connectivity index is 1.23. The summed E-state index contributed by atoms with van der Waals surface area (Å²) in [6.45, 7) is 2.98. The van der Waals surface area contributed by atoms with Gasteiger partial charge in [0.25, 0.3) is 0 Å². The third-order valence-electron chi connectivity index (χ3n) is 6.06. The van der Waals surface area contributed by atoms with Crippen LogP contribution in [0.1, 0.15) is 62.5 Å². The number of carbonyl (C=O) groups is 1. The number of hydrogen-bond acceptors (Lipinski definition) is 5. The van der Waals surface area contributed by atoms with Gasteiger partial charge in [-0.3, -0.25) is 0 Å². The number of rotatable bonds is 7. The van der Waals surface area contributed by atoms with Crippen molar-refractivity contribution < 1.29 is 9.53 Å². The summed E-state index contributed by atoms with van der Waals surface area (Å²) in [6, 6.07) is 7.70. The van der Waals surface area contributed by atoms with E-state index >= 15 is 0 Å². The van der Waals surface area contributed by atoms with Crippen molar-refractivity contribution in [3.8, 4) is 5.88 Å². The van der Waals surface area contributed by atoms with E-state index in [0.717, 1.165) is 42.9 Å². The molecular weight excluding hydrogens is 390 g/mol. The van der Waals surface area contributed by atoms with Gasteiger partial charge >= 0.3 is 6.03 Å². The van der Waals surface area contributed by atoms with Crippen LogP contribution in [0.15, 0.2) is 36.7 Å². The third-order valence-corrected chi connectivity index (χ3v) is 6.06. The van der Waals surface area contributed by atoms with Crippen molar-refractivity contribution in [1.29, 1.82) is 0 Å². The predicted octanol–water partition coefficient (Wildman–Crippen LogP) is 4.18. The number of anilines is 1. The summed E-state index contributed by atoms with van der Waals surface area (Å²) in [5.74, 6) is 1.66. The molecule has 2 aromatic rings. The Hall–Kier alpha value is -2.83. The topological polar surface area (TPSA) is 79.4 Å². The predicted molar refractivity (Wildman–Crippen MR) is 121 cm³/mol. The third kappa shape index (κ3) is 6.32. The Morgan fingerprint density at radius 3 is 2.48 bits per heavy atom. The van der Waals surface area contributed by atoms with E-state index in [-0.39, 0.29) is 12.1 Å². The molecule has 2 N–H and O–H groups in total. The standard InChI is InChI=1S/C24H33N5O2/c30-24(28-18-20-8-7-13-25-23(20)31-21-9-3-4-10-21)27-17-19-11-12-22(26-16-19)29-14-5-1-2-6-15-29/h7-8,11-13,16,21H,1-6,9-10,14-15,17-18H2,(H2,27,28,30). The second kappa shape index (κ2) is 11.0. The number of ether oxygens (including phenoxy) is 1. The van der Waals surface area contributed by atoms with Crippen LogP contribution in [-0.4, -0.2) is 35.2 Å². The summed E-state index contributed by atoms with van der Waals surface area (Å²) in [4.78, 5) is 23.6. The lowest BCUT2D eigenvalue weighted by molar-refractivity contribution is 0.198. The van der Waals surface area contributed by atoms with Crippen LogP contribution in [0.3, 0.4) is 0 Å². The van der Waals surface area contributed by atoms with E-state index in [2.05, 4.69) is 31.6 Å². The lowest BCUT2D eigenvalue weighted by Gasteiger charge is -2.21. The van der Waals surface area contributed by atoms with Gasteiger partial charge in [0.1, 0.15) is 11.9 Å². The van der Waals surface area contributed by atoms with Crippen LogP contribution < -0.4 is 20.3 Å². The molecule has 0 radical (unpaired) electrons. The van der Waals surface area contributed by atoms with Gasteiger partial charge in [-0.1, -0.05) is 25.0 Å². The molecule has 2 fully saturated rings. The maximum atomic E-state index is 12.3. The van der Waals surface area contributed by atoms with E-state index in [1.165, 1.54) is 38.5 Å². The summed E-state index contributed by atoms with van der Waals surface area (Å²) in [6.07, 6.45) is 13.5. The maximum absolute atomic E-state index is 12.3. The highest BCUT2D eigenvalue weighted by atomic mass is 16.5. The molecule has 2 aromatic heterocycles. The number of carbonyl (C=O) groups excluding carboxylic acids is 1. The first-order valence-corrected chi connectivity index (χ1v) is 11.6. The Kier molecular flexibility index (Phi) is 7.58. The maximum Gasteiger partial charge on any atom is 0.315 e. The molecule has 0 aromatic carbocycles. The first-order chi connectivity index (χ1) is 15.3. The van der Waals surface area contributed by atoms with E-state index in [4.69, 9.17) is 4.74 Å². The van der Waals surface area contributed by atoms with Crippen LogP contribution in [0.2, 0.25) is 0 Å². The van der Waals surface area contributed by atoms with Crippen molar-refractivity contribution >= 4 is 11.8 Å². The number of nitrogens with zero attached hydrogens (tertiary/aromatic N) is 3. The Bertz CT molecular complexity index is 828. The summed E-state index contributed by atoms with van der Waals surface area (Å²) in [5, 5.41) is 5.81. The molecule has 4 rings (SSSR count). The largest absolute Gasteiger partial charge is 0.474 e. The van der Waals surface area contributed by atoms with E-state index in [1.807, 2.05) is 24.4 Å². The molecule has 2 amide bonds. The van der Waals surface area contributed by atoms with Gasteiger partial charge in [0.15, 0.2) is 0 Å². The summed E-state index contributed by atoms with van der Waals surface area (Å²) in [5.41, 5.74) is 1.88. The van der Waals surface area contributed by atoms with Crippen molar-refractivity contribution in [3.05, 3.63) is 47.8 Å². The van der Waals surface area contributed by atoms with Crippen LogP contribution in [0.4, 0.5) is 10.6 Å². The molecular formula is C24H33N5O2. The van der Waals surface area contributed by atoms with Gasteiger partial charge in [-0.15, -0.1) is 0 Å². The Labute approximate surface area is 184 Å². The van der Waals surface area contributed by atoms with E-state index in [9.17, 15) is 4.79 Å². The number of nitrogens with one attached hydrogen (secondary N) is 2. The fourth-order valence-electron chi connectivity index (χ4n) is 4.26. The molecule has 3 heterocycles. The first-order valence-electron chi connectivity index (χ1n) is 11.6. The molecule has 0 atom stereocenters.